The highest BCUT2D eigenvalue weighted by molar-refractivity contribution is 5.96. The minimum absolute atomic E-state index is 0.0220. The lowest BCUT2D eigenvalue weighted by Crippen LogP contribution is -1.90. The van der Waals surface area contributed by atoms with Gasteiger partial charge in [-0.25, -0.2) is 0 Å². The van der Waals surface area contributed by atoms with Crippen LogP contribution in [0.15, 0.2) is 49.1 Å². The molecule has 1 nitrogen and oxygen atoms in total. The predicted molar refractivity (Wildman–Crippen MR) is 48.3 cm³/mol. The predicted octanol–water partition coefficient (Wildman–Crippen LogP) is 2.43. The SMILES string of the molecule is C=C/C=C\C=C(/C=C)C(C)=O. The Kier molecular flexibility index (Phi) is 4.74. The van der Waals surface area contributed by atoms with Crippen molar-refractivity contribution < 1.29 is 4.79 Å². The van der Waals surface area contributed by atoms with Crippen LogP contribution in [0.5, 0.6) is 0 Å². The van der Waals surface area contributed by atoms with E-state index in [-0.39, 0.29) is 5.78 Å². The minimum atomic E-state index is 0.0220. The third kappa shape index (κ3) is 4.09. The number of carbonyl (C=O) groups is 1. The van der Waals surface area contributed by atoms with E-state index >= 15 is 0 Å². The first kappa shape index (κ1) is 9.63. The normalized spacial score (nSPS) is 11.5. The van der Waals surface area contributed by atoms with Crippen LogP contribution in [-0.2, 0) is 4.79 Å². The molecule has 0 saturated heterocycles. The van der Waals surface area contributed by atoms with Gasteiger partial charge in [-0.15, -0.1) is 0 Å². The van der Waals surface area contributed by atoms with Gasteiger partial charge in [0.1, 0.15) is 0 Å². The number of Topliss-reactive ketones (excluding diaryl/α,β-unsaturated/α-hetero) is 1. The van der Waals surface area contributed by atoms with Crippen molar-refractivity contribution in [3.63, 3.8) is 0 Å². The fraction of sp³-hybridized carbons (Fsp3) is 0.100. The second kappa shape index (κ2) is 5.42. The fourth-order valence-corrected chi connectivity index (χ4v) is 0.567. The number of rotatable bonds is 4. The van der Waals surface area contributed by atoms with Crippen LogP contribution in [0.1, 0.15) is 6.92 Å². The largest absolute Gasteiger partial charge is 0.295 e. The molecule has 0 atom stereocenters. The Balaban J connectivity index is 4.35. The van der Waals surface area contributed by atoms with Gasteiger partial charge in [-0.3, -0.25) is 4.79 Å². The second-order valence-corrected chi connectivity index (χ2v) is 2.00. The number of allylic oxidation sites excluding steroid dienone is 6. The average Bonchev–Trinajstić information content (AvgIpc) is 1.97. The fourth-order valence-electron chi connectivity index (χ4n) is 0.567. The van der Waals surface area contributed by atoms with Gasteiger partial charge < -0.3 is 0 Å². The van der Waals surface area contributed by atoms with E-state index in [0.29, 0.717) is 5.57 Å². The van der Waals surface area contributed by atoms with Crippen molar-refractivity contribution in [3.8, 4) is 0 Å². The quantitative estimate of drug-likeness (QED) is 0.442. The monoisotopic (exact) mass is 148 g/mol. The highest BCUT2D eigenvalue weighted by Crippen LogP contribution is 1.97. The summed E-state index contributed by atoms with van der Waals surface area (Å²) >= 11 is 0. The number of hydrogen-bond acceptors (Lipinski definition) is 1. The van der Waals surface area contributed by atoms with Gasteiger partial charge in [-0.1, -0.05) is 43.5 Å². The van der Waals surface area contributed by atoms with Crippen LogP contribution >= 0.6 is 0 Å². The summed E-state index contributed by atoms with van der Waals surface area (Å²) < 4.78 is 0. The smallest absolute Gasteiger partial charge is 0.159 e. The molecule has 11 heavy (non-hydrogen) atoms. The highest BCUT2D eigenvalue weighted by atomic mass is 16.1. The summed E-state index contributed by atoms with van der Waals surface area (Å²) in [5, 5.41) is 0. The van der Waals surface area contributed by atoms with Crippen LogP contribution < -0.4 is 0 Å². The lowest BCUT2D eigenvalue weighted by Gasteiger charge is -1.89. The summed E-state index contributed by atoms with van der Waals surface area (Å²) in [6.07, 6.45) is 8.40. The molecule has 0 bridgehead atoms. The number of carbonyl (C=O) groups excluding carboxylic acids is 1. The van der Waals surface area contributed by atoms with Crippen molar-refractivity contribution in [2.45, 2.75) is 6.92 Å². The summed E-state index contributed by atoms with van der Waals surface area (Å²) in [5.74, 6) is 0.0220. The molecule has 1 heteroatoms. The summed E-state index contributed by atoms with van der Waals surface area (Å²) in [6.45, 7) is 8.52. The zero-order valence-corrected chi connectivity index (χ0v) is 6.71. The Hall–Kier alpha value is -1.37. The Labute approximate surface area is 67.4 Å². The second-order valence-electron chi connectivity index (χ2n) is 2.00. The standard InChI is InChI=1S/C10H12O/c1-4-6-7-8-10(5-2)9(3)11/h4-8H,1-2H2,3H3/b7-6-,10-8+. The minimum Gasteiger partial charge on any atom is -0.295 e. The molecule has 0 aromatic heterocycles. The van der Waals surface area contributed by atoms with Crippen LogP contribution in [0, 0.1) is 0 Å². The molecule has 58 valence electrons. The molecule has 0 unspecified atom stereocenters. The van der Waals surface area contributed by atoms with E-state index in [0.717, 1.165) is 0 Å². The van der Waals surface area contributed by atoms with E-state index in [9.17, 15) is 4.79 Å². The molecule has 0 radical (unpaired) electrons. The van der Waals surface area contributed by atoms with Crippen molar-refractivity contribution in [1.29, 1.82) is 0 Å². The zero-order chi connectivity index (χ0) is 8.69. The molecule has 0 N–H and O–H groups in total. The van der Waals surface area contributed by atoms with E-state index in [1.807, 2.05) is 0 Å². The maximum atomic E-state index is 10.8. The first-order valence-electron chi connectivity index (χ1n) is 3.35. The number of hydrogen-bond donors (Lipinski definition) is 0. The molecule has 0 saturated carbocycles. The van der Waals surface area contributed by atoms with Crippen molar-refractivity contribution >= 4 is 5.78 Å². The third-order valence-electron chi connectivity index (χ3n) is 1.15. The van der Waals surface area contributed by atoms with Crippen LogP contribution in [0.2, 0.25) is 0 Å². The van der Waals surface area contributed by atoms with Gasteiger partial charge in [0, 0.05) is 5.57 Å². The maximum absolute atomic E-state index is 10.8. The number of ketones is 1. The van der Waals surface area contributed by atoms with Crippen molar-refractivity contribution in [3.05, 3.63) is 49.1 Å². The summed E-state index contributed by atoms with van der Waals surface area (Å²) in [7, 11) is 0. The van der Waals surface area contributed by atoms with Gasteiger partial charge >= 0.3 is 0 Å². The molecule has 0 aromatic carbocycles. The Morgan fingerprint density at radius 2 is 1.91 bits per heavy atom. The van der Waals surface area contributed by atoms with Gasteiger partial charge in [0.15, 0.2) is 5.78 Å². The molecule has 0 aliphatic heterocycles. The molecule has 0 amide bonds. The lowest BCUT2D eigenvalue weighted by molar-refractivity contribution is -0.113. The third-order valence-corrected chi connectivity index (χ3v) is 1.15. The van der Waals surface area contributed by atoms with Gasteiger partial charge in [0.2, 0.25) is 0 Å². The van der Waals surface area contributed by atoms with Crippen molar-refractivity contribution in [2.75, 3.05) is 0 Å². The van der Waals surface area contributed by atoms with Crippen molar-refractivity contribution in [2.24, 2.45) is 0 Å². The van der Waals surface area contributed by atoms with E-state index in [2.05, 4.69) is 13.2 Å². The van der Waals surface area contributed by atoms with E-state index in [4.69, 9.17) is 0 Å². The summed E-state index contributed by atoms with van der Waals surface area (Å²) in [5.41, 5.74) is 0.614. The molecule has 0 spiro atoms. The van der Waals surface area contributed by atoms with E-state index in [1.165, 1.54) is 13.0 Å². The Morgan fingerprint density at radius 1 is 1.27 bits per heavy atom. The molecule has 0 aliphatic rings. The Bertz CT molecular complexity index is 219. The average molecular weight is 148 g/mol. The molecule has 0 aliphatic carbocycles. The zero-order valence-electron chi connectivity index (χ0n) is 6.71. The summed E-state index contributed by atoms with van der Waals surface area (Å²) in [6, 6.07) is 0. The topological polar surface area (TPSA) is 17.1 Å². The van der Waals surface area contributed by atoms with E-state index in [1.54, 1.807) is 24.3 Å². The Morgan fingerprint density at radius 3 is 2.27 bits per heavy atom. The highest BCUT2D eigenvalue weighted by Gasteiger charge is 1.93. The first-order chi connectivity index (χ1) is 5.22. The van der Waals surface area contributed by atoms with Crippen LogP contribution in [0.25, 0.3) is 0 Å². The van der Waals surface area contributed by atoms with Crippen LogP contribution in [-0.4, -0.2) is 5.78 Å². The maximum Gasteiger partial charge on any atom is 0.159 e. The van der Waals surface area contributed by atoms with Gasteiger partial charge in [0.25, 0.3) is 0 Å². The molecule has 0 fully saturated rings. The van der Waals surface area contributed by atoms with Gasteiger partial charge in [-0.05, 0) is 6.92 Å². The van der Waals surface area contributed by atoms with Crippen molar-refractivity contribution in [1.82, 2.24) is 0 Å². The van der Waals surface area contributed by atoms with Gasteiger partial charge in [-0.2, -0.15) is 0 Å². The first-order valence-corrected chi connectivity index (χ1v) is 3.35. The van der Waals surface area contributed by atoms with Crippen LogP contribution in [0.4, 0.5) is 0 Å². The molecule has 0 heterocycles. The van der Waals surface area contributed by atoms with Crippen LogP contribution in [0.3, 0.4) is 0 Å². The molecular weight excluding hydrogens is 136 g/mol. The summed E-state index contributed by atoms with van der Waals surface area (Å²) in [4.78, 5) is 10.8. The molecule has 0 rings (SSSR count). The molecular formula is C10H12O. The molecule has 0 aromatic rings. The van der Waals surface area contributed by atoms with E-state index < -0.39 is 0 Å². The van der Waals surface area contributed by atoms with Gasteiger partial charge in [0.05, 0.1) is 0 Å². The lowest BCUT2D eigenvalue weighted by atomic mass is 10.2.